The minimum Gasteiger partial charge on any atom is -0.114 e. The van der Waals surface area contributed by atoms with E-state index < -0.39 is 0 Å². The number of halogens is 12. The maximum absolute atomic E-state index is 3.68. The molecule has 0 saturated carbocycles. The van der Waals surface area contributed by atoms with Gasteiger partial charge in [0.1, 0.15) is 0 Å². The molecule has 6 aromatic rings. The van der Waals surface area contributed by atoms with Crippen molar-refractivity contribution in [2.24, 2.45) is 0 Å². The summed E-state index contributed by atoms with van der Waals surface area (Å²) in [7, 11) is 0. The summed E-state index contributed by atoms with van der Waals surface area (Å²) in [6.45, 7) is 15.8. The maximum atomic E-state index is 3.68. The van der Waals surface area contributed by atoms with Crippen LogP contribution in [0, 0.1) is 31.1 Å². The monoisotopic (exact) mass is 1930 g/mol. The van der Waals surface area contributed by atoms with Crippen molar-refractivity contribution in [3.63, 3.8) is 0 Å². The summed E-state index contributed by atoms with van der Waals surface area (Å²) in [4.78, 5) is 0. The second-order valence-electron chi connectivity index (χ2n) is 12.6. The van der Waals surface area contributed by atoms with Crippen LogP contribution < -0.4 is 0 Å². The summed E-state index contributed by atoms with van der Waals surface area (Å²) in [5, 5.41) is 3.10. The first-order chi connectivity index (χ1) is 30.8. The first kappa shape index (κ1) is 78.1. The van der Waals surface area contributed by atoms with Crippen LogP contribution in [0.25, 0.3) is 12.2 Å². The zero-order chi connectivity index (χ0) is 48.7. The van der Waals surface area contributed by atoms with Crippen molar-refractivity contribution in [3.8, 4) is 0 Å². The van der Waals surface area contributed by atoms with E-state index in [1.807, 2.05) is 86.4 Å². The molecule has 1 unspecified atom stereocenters. The molecule has 0 fully saturated rings. The fourth-order valence-electron chi connectivity index (χ4n) is 4.72. The Morgan fingerprint density at radius 1 is 0.493 bits per heavy atom. The van der Waals surface area contributed by atoms with Crippen LogP contribution in [-0.4, -0.2) is 21.8 Å². The van der Waals surface area contributed by atoms with E-state index in [1.54, 1.807) is 0 Å². The first-order valence-corrected chi connectivity index (χ1v) is 30.8. The fourth-order valence-corrected chi connectivity index (χ4v) is 10.2. The summed E-state index contributed by atoms with van der Waals surface area (Å²) in [5.74, 6) is 2.44. The van der Waals surface area contributed by atoms with E-state index in [2.05, 4.69) is 287 Å². The van der Waals surface area contributed by atoms with E-state index in [4.69, 9.17) is 0 Å². The standard InChI is InChI=1S/C10H12Br2.C8H7Br3.C8H8Br2.C8H6Br2.C8H9Br.C8H8.C2H6.CH3Br.BrH.U.V/c1-3-7(2)9-5-4-8(11)6-10(9)12;9-4-3-6-1-2-7(10)5-8(6)11;9-6-5-7-1-3-8(10)4-2-7;1-2-6-3-4-7(9)5-8(6)10;9-7-6-8-4-2-1-3-5-8;1-2-8-6-4-3-5-7-8;2*1-2;;;/h4-7H,3H2,1-2H3;1-2,5H,3-4H2;1-4H,5-6H2;2-5H,1H2;1-5H,6-7H2;2-7H,1H2;1-2H3;1H3;1H;;. The second kappa shape index (κ2) is 53.0. The van der Waals surface area contributed by atoms with Crippen molar-refractivity contribution >= 4 is 204 Å². The van der Waals surface area contributed by atoms with Crippen LogP contribution in [-0.2, 0) is 37.8 Å². The Morgan fingerprint density at radius 3 is 1.28 bits per heavy atom. The van der Waals surface area contributed by atoms with Gasteiger partial charge in [0.05, 0.1) is 0 Å². The number of hydrogen-bond acceptors (Lipinski definition) is 0. The Hall–Kier alpha value is 2.20. The number of hydrogen-bond donors (Lipinski definition) is 0. The number of rotatable bonds is 10. The Bertz CT molecular complexity index is 2070. The van der Waals surface area contributed by atoms with Crippen molar-refractivity contribution in [1.82, 2.24) is 0 Å². The van der Waals surface area contributed by atoms with Crippen molar-refractivity contribution < 1.29 is 49.7 Å². The van der Waals surface area contributed by atoms with Crippen LogP contribution in [0.15, 0.2) is 184 Å². The van der Waals surface area contributed by atoms with Gasteiger partial charge in [-0.15, -0.1) is 17.0 Å². The third kappa shape index (κ3) is 40.2. The molecular weight excluding hydrogens is 1880 g/mol. The van der Waals surface area contributed by atoms with E-state index in [0.29, 0.717) is 5.92 Å². The van der Waals surface area contributed by atoms with Crippen LogP contribution in [0.2, 0.25) is 0 Å². The molecule has 365 valence electrons. The van der Waals surface area contributed by atoms with Crippen LogP contribution >= 0.6 is 192 Å². The Balaban J connectivity index is -0.000000225. The van der Waals surface area contributed by atoms with Crippen molar-refractivity contribution in [1.29, 1.82) is 0 Å². The Labute approximate surface area is 544 Å². The average molecular weight is 1940 g/mol. The molecule has 0 aliphatic rings. The molecule has 67 heavy (non-hydrogen) atoms. The SMILES string of the molecule is Br.BrCCc1ccc(Br)cc1.BrCCc1ccc(Br)cc1Br.BrCCc1ccccc1.C=Cc1ccc(Br)cc1Br.C=Cc1ccccc1.CBr.CC.CCC(C)c1ccc(Br)cc1Br.[U].[V]. The van der Waals surface area contributed by atoms with E-state index in [0.717, 1.165) is 63.2 Å². The third-order valence-electron chi connectivity index (χ3n) is 8.22. The van der Waals surface area contributed by atoms with E-state index in [-0.39, 0.29) is 66.7 Å². The molecule has 0 saturated heterocycles. The predicted octanol–water partition coefficient (Wildman–Crippen LogP) is 23.7. The molecule has 0 N–H and O–H groups in total. The van der Waals surface area contributed by atoms with Gasteiger partial charge in [-0.2, -0.15) is 0 Å². The molecule has 0 nitrogen and oxygen atoms in total. The van der Waals surface area contributed by atoms with Gasteiger partial charge in [0.2, 0.25) is 0 Å². The van der Waals surface area contributed by atoms with Gasteiger partial charge in [0, 0.05) is 97.0 Å². The minimum absolute atomic E-state index is 0. The zero-order valence-electron chi connectivity index (χ0n) is 38.4. The number of alkyl halides is 4. The van der Waals surface area contributed by atoms with Crippen molar-refractivity contribution in [2.45, 2.75) is 59.3 Å². The molecule has 6 aromatic carbocycles. The topological polar surface area (TPSA) is 0 Å². The third-order valence-corrected chi connectivity index (χ3v) is 13.5. The van der Waals surface area contributed by atoms with Gasteiger partial charge >= 0.3 is 0 Å². The Morgan fingerprint density at radius 2 is 0.896 bits per heavy atom. The van der Waals surface area contributed by atoms with Crippen molar-refractivity contribution in [2.75, 3.05) is 21.8 Å². The summed E-state index contributed by atoms with van der Waals surface area (Å²) in [6.07, 6.45) is 8.12. The normalized spacial score (nSPS) is 9.31. The van der Waals surface area contributed by atoms with Gasteiger partial charge in [-0.1, -0.05) is 319 Å². The molecule has 0 amide bonds. The van der Waals surface area contributed by atoms with Crippen LogP contribution in [0.5, 0.6) is 0 Å². The molecular formula is C53H60Br12UV. The number of aryl methyl sites for hydroxylation is 3. The van der Waals surface area contributed by atoms with Gasteiger partial charge in [-0.25, -0.2) is 0 Å². The van der Waals surface area contributed by atoms with Gasteiger partial charge in [-0.3, -0.25) is 0 Å². The minimum atomic E-state index is 0. The average Bonchev–Trinajstić information content (AvgIpc) is 3.31. The van der Waals surface area contributed by atoms with Gasteiger partial charge in [0.25, 0.3) is 0 Å². The number of benzene rings is 6. The zero-order valence-corrected chi connectivity index (χ0v) is 63.1. The maximum Gasteiger partial charge on any atom is 0.0258 e. The van der Waals surface area contributed by atoms with E-state index in [1.165, 1.54) is 43.2 Å². The molecule has 0 spiro atoms. The summed E-state index contributed by atoms with van der Waals surface area (Å²) >= 11 is 37.2. The summed E-state index contributed by atoms with van der Waals surface area (Å²) in [6, 6.07) is 47.5. The second-order valence-corrected chi connectivity index (χ2v) is 21.2. The van der Waals surface area contributed by atoms with Gasteiger partial charge in [0.15, 0.2) is 0 Å². The molecule has 0 heterocycles. The molecule has 6 rings (SSSR count). The van der Waals surface area contributed by atoms with E-state index >= 15 is 0 Å². The van der Waals surface area contributed by atoms with E-state index in [9.17, 15) is 0 Å². The largest absolute Gasteiger partial charge is 0.114 e. The van der Waals surface area contributed by atoms with Crippen LogP contribution in [0.3, 0.4) is 0 Å². The molecule has 14 heteroatoms. The molecule has 1 atom stereocenters. The molecule has 1 radical (unpaired) electrons. The van der Waals surface area contributed by atoms with Crippen LogP contribution in [0.4, 0.5) is 0 Å². The summed E-state index contributed by atoms with van der Waals surface area (Å²) < 4.78 is 7.90. The molecule has 0 aliphatic heterocycles. The van der Waals surface area contributed by atoms with Gasteiger partial charge in [-0.05, 0) is 119 Å². The van der Waals surface area contributed by atoms with Crippen LogP contribution in [0.1, 0.15) is 73.4 Å². The predicted molar refractivity (Wildman–Crippen MR) is 340 cm³/mol. The summed E-state index contributed by atoms with van der Waals surface area (Å²) in [5.41, 5.74) is 7.79. The fraction of sp³-hybridized carbons (Fsp3) is 0.245. The van der Waals surface area contributed by atoms with Gasteiger partial charge < -0.3 is 0 Å². The molecule has 0 aromatic heterocycles. The van der Waals surface area contributed by atoms with Crippen molar-refractivity contribution in [3.05, 3.63) is 217 Å². The quantitative estimate of drug-likeness (QED) is 0.120. The smallest absolute Gasteiger partial charge is 0.0258 e. The Kier molecular flexibility index (Phi) is 61.8. The molecule has 0 aliphatic carbocycles. The first-order valence-electron chi connectivity index (χ1n) is 20.3. The molecule has 0 bridgehead atoms.